The summed E-state index contributed by atoms with van der Waals surface area (Å²) in [5.41, 5.74) is 2.45. The average Bonchev–Trinajstić information content (AvgIpc) is 3.34. The van der Waals surface area contributed by atoms with Crippen LogP contribution in [0.1, 0.15) is 66.2 Å². The maximum Gasteiger partial charge on any atom is 0.264 e. The lowest BCUT2D eigenvalue weighted by Gasteiger charge is -2.35. The minimum Gasteiger partial charge on any atom is -0.350 e. The van der Waals surface area contributed by atoms with Crippen molar-refractivity contribution in [2.75, 3.05) is 13.1 Å². The highest BCUT2D eigenvalue weighted by Crippen LogP contribution is 2.23. The van der Waals surface area contributed by atoms with Crippen molar-refractivity contribution in [1.29, 1.82) is 0 Å². The summed E-state index contributed by atoms with van der Waals surface area (Å²) >= 11 is 1.44. The molecule has 0 saturated carbocycles. The van der Waals surface area contributed by atoms with Crippen molar-refractivity contribution in [3.63, 3.8) is 0 Å². The van der Waals surface area contributed by atoms with Crippen molar-refractivity contribution in [1.82, 2.24) is 15.1 Å². The fourth-order valence-electron chi connectivity index (χ4n) is 4.78. The van der Waals surface area contributed by atoms with Crippen molar-refractivity contribution >= 4 is 23.2 Å². The van der Waals surface area contributed by atoms with E-state index >= 15 is 0 Å². The van der Waals surface area contributed by atoms with Gasteiger partial charge in [-0.05, 0) is 68.1 Å². The summed E-state index contributed by atoms with van der Waals surface area (Å²) < 4.78 is 0. The highest BCUT2D eigenvalue weighted by Gasteiger charge is 2.33. The number of hydrogen-bond acceptors (Lipinski definition) is 4. The molecule has 2 aliphatic heterocycles. The maximum atomic E-state index is 13.1. The van der Waals surface area contributed by atoms with E-state index in [1.807, 2.05) is 23.6 Å². The van der Waals surface area contributed by atoms with E-state index in [0.29, 0.717) is 24.0 Å². The molecule has 6 heteroatoms. The van der Waals surface area contributed by atoms with Crippen LogP contribution in [0.2, 0.25) is 0 Å². The molecule has 3 heterocycles. The summed E-state index contributed by atoms with van der Waals surface area (Å²) in [6, 6.07) is 12.4. The van der Waals surface area contributed by atoms with Gasteiger partial charge in [0.15, 0.2) is 0 Å². The molecule has 1 aromatic heterocycles. The van der Waals surface area contributed by atoms with Gasteiger partial charge in [0.25, 0.3) is 5.91 Å². The number of benzene rings is 1. The fourth-order valence-corrected chi connectivity index (χ4v) is 5.46. The van der Waals surface area contributed by atoms with E-state index in [1.165, 1.54) is 41.7 Å². The highest BCUT2D eigenvalue weighted by molar-refractivity contribution is 7.12. The summed E-state index contributed by atoms with van der Waals surface area (Å²) in [6.07, 6.45) is 6.51. The zero-order valence-corrected chi connectivity index (χ0v) is 19.2. The molecule has 2 aliphatic rings. The second kappa shape index (κ2) is 10.4. The molecule has 0 radical (unpaired) electrons. The standard InChI is InChI=1S/C25H33N3O2S/c1-19-9-4-6-14-27(19)18-21-11-3-2-10-20(21)17-26-24(29)22-12-5-7-15-28(22)25(30)23-13-8-16-31-23/h2-3,8,10-11,13,16,19,22H,4-7,9,12,14-15,17-18H2,1H3,(H,26,29). The van der Waals surface area contributed by atoms with E-state index in [2.05, 4.69) is 35.3 Å². The Balaban J connectivity index is 1.40. The van der Waals surface area contributed by atoms with Crippen molar-refractivity contribution in [3.8, 4) is 0 Å². The Morgan fingerprint density at radius 2 is 1.77 bits per heavy atom. The van der Waals surface area contributed by atoms with Crippen molar-refractivity contribution < 1.29 is 9.59 Å². The Labute approximate surface area is 189 Å². The van der Waals surface area contributed by atoms with Gasteiger partial charge in [0, 0.05) is 25.7 Å². The van der Waals surface area contributed by atoms with Crippen molar-refractivity contribution in [2.45, 2.75) is 70.6 Å². The van der Waals surface area contributed by atoms with Crippen LogP contribution in [0.4, 0.5) is 0 Å². The third-order valence-electron chi connectivity index (χ3n) is 6.68. The van der Waals surface area contributed by atoms with Crippen LogP contribution in [-0.4, -0.2) is 46.8 Å². The van der Waals surface area contributed by atoms with E-state index in [9.17, 15) is 9.59 Å². The van der Waals surface area contributed by atoms with E-state index in [4.69, 9.17) is 0 Å². The fraction of sp³-hybridized carbons (Fsp3) is 0.520. The minimum atomic E-state index is -0.377. The second-order valence-corrected chi connectivity index (χ2v) is 9.74. The number of amides is 2. The predicted octanol–water partition coefficient (Wildman–Crippen LogP) is 4.43. The largest absolute Gasteiger partial charge is 0.350 e. The van der Waals surface area contributed by atoms with Crippen molar-refractivity contribution in [2.24, 2.45) is 0 Å². The number of thiophene rings is 1. The summed E-state index contributed by atoms with van der Waals surface area (Å²) in [5, 5.41) is 5.05. The summed E-state index contributed by atoms with van der Waals surface area (Å²) in [7, 11) is 0. The second-order valence-electron chi connectivity index (χ2n) is 8.79. The molecule has 166 valence electrons. The lowest BCUT2D eigenvalue weighted by Crippen LogP contribution is -2.51. The third-order valence-corrected chi connectivity index (χ3v) is 7.54. The first-order valence-corrected chi connectivity index (χ1v) is 12.4. The van der Waals surface area contributed by atoms with Gasteiger partial charge in [-0.15, -0.1) is 11.3 Å². The Kier molecular flexibility index (Phi) is 7.41. The van der Waals surface area contributed by atoms with Gasteiger partial charge in [0.2, 0.25) is 5.91 Å². The zero-order chi connectivity index (χ0) is 21.6. The summed E-state index contributed by atoms with van der Waals surface area (Å²) in [5.74, 6) is -0.0555. The van der Waals surface area contributed by atoms with Gasteiger partial charge in [-0.2, -0.15) is 0 Å². The van der Waals surface area contributed by atoms with Gasteiger partial charge < -0.3 is 10.2 Å². The van der Waals surface area contributed by atoms with Gasteiger partial charge in [-0.25, -0.2) is 0 Å². The Bertz CT molecular complexity index is 883. The smallest absolute Gasteiger partial charge is 0.264 e. The van der Waals surface area contributed by atoms with Crippen LogP contribution in [0.15, 0.2) is 41.8 Å². The zero-order valence-electron chi connectivity index (χ0n) is 18.4. The Morgan fingerprint density at radius 1 is 1.00 bits per heavy atom. The van der Waals surface area contributed by atoms with E-state index in [1.54, 1.807) is 4.90 Å². The topological polar surface area (TPSA) is 52.7 Å². The SMILES string of the molecule is CC1CCCCN1Cc1ccccc1CNC(=O)C1CCCCN1C(=O)c1cccs1. The van der Waals surface area contributed by atoms with Crippen LogP contribution in [0, 0.1) is 0 Å². The molecule has 2 unspecified atom stereocenters. The molecule has 4 rings (SSSR count). The molecule has 1 aromatic carbocycles. The first kappa shape index (κ1) is 22.0. The molecule has 2 atom stereocenters. The Morgan fingerprint density at radius 3 is 2.55 bits per heavy atom. The highest BCUT2D eigenvalue weighted by atomic mass is 32.1. The number of nitrogens with zero attached hydrogens (tertiary/aromatic N) is 2. The van der Waals surface area contributed by atoms with Crippen LogP contribution < -0.4 is 5.32 Å². The van der Waals surface area contributed by atoms with Crippen LogP contribution in [0.25, 0.3) is 0 Å². The molecule has 0 aliphatic carbocycles. The van der Waals surface area contributed by atoms with E-state index in [-0.39, 0.29) is 17.9 Å². The van der Waals surface area contributed by atoms with Gasteiger partial charge in [0.05, 0.1) is 4.88 Å². The first-order valence-electron chi connectivity index (χ1n) is 11.6. The molecule has 0 bridgehead atoms. The average molecular weight is 440 g/mol. The predicted molar refractivity (Wildman–Crippen MR) is 125 cm³/mol. The first-order chi connectivity index (χ1) is 15.1. The molecule has 0 spiro atoms. The minimum absolute atomic E-state index is 0.0191. The monoisotopic (exact) mass is 439 g/mol. The molecule has 5 nitrogen and oxygen atoms in total. The molecule has 2 amide bonds. The normalized spacial score (nSPS) is 22.3. The summed E-state index contributed by atoms with van der Waals surface area (Å²) in [4.78, 5) is 31.0. The third kappa shape index (κ3) is 5.36. The van der Waals surface area contributed by atoms with Crippen LogP contribution in [0.3, 0.4) is 0 Å². The van der Waals surface area contributed by atoms with E-state index < -0.39 is 0 Å². The summed E-state index contributed by atoms with van der Waals surface area (Å²) in [6.45, 7) is 5.54. The molecule has 1 N–H and O–H groups in total. The number of rotatable bonds is 6. The van der Waals surface area contributed by atoms with Gasteiger partial charge in [0.1, 0.15) is 6.04 Å². The number of carbonyl (C=O) groups is 2. The number of hydrogen-bond donors (Lipinski definition) is 1. The van der Waals surface area contributed by atoms with Crippen LogP contribution in [0.5, 0.6) is 0 Å². The van der Waals surface area contributed by atoms with Crippen LogP contribution in [-0.2, 0) is 17.9 Å². The molecule has 2 saturated heterocycles. The van der Waals surface area contributed by atoms with Crippen molar-refractivity contribution in [3.05, 3.63) is 57.8 Å². The molecular weight excluding hydrogens is 406 g/mol. The van der Waals surface area contributed by atoms with Gasteiger partial charge >= 0.3 is 0 Å². The molecule has 2 aromatic rings. The van der Waals surface area contributed by atoms with Gasteiger partial charge in [-0.3, -0.25) is 14.5 Å². The number of nitrogens with one attached hydrogen (secondary N) is 1. The number of piperidine rings is 2. The maximum absolute atomic E-state index is 13.1. The molecule has 2 fully saturated rings. The lowest BCUT2D eigenvalue weighted by molar-refractivity contribution is -0.126. The number of carbonyl (C=O) groups excluding carboxylic acids is 2. The van der Waals surface area contributed by atoms with Gasteiger partial charge in [-0.1, -0.05) is 36.8 Å². The quantitative estimate of drug-likeness (QED) is 0.724. The van der Waals surface area contributed by atoms with E-state index in [0.717, 1.165) is 32.4 Å². The van der Waals surface area contributed by atoms with Crippen LogP contribution >= 0.6 is 11.3 Å². The molecular formula is C25H33N3O2S. The number of likely N-dealkylation sites (tertiary alicyclic amines) is 2. The Hall–Kier alpha value is -2.18. The molecule has 31 heavy (non-hydrogen) atoms. The lowest BCUT2D eigenvalue weighted by atomic mass is 9.99.